The number of furan rings is 1. The summed E-state index contributed by atoms with van der Waals surface area (Å²) in [4.78, 5) is 22.7. The summed E-state index contributed by atoms with van der Waals surface area (Å²) in [5.74, 6) is 0.169. The number of nitro groups is 1. The van der Waals surface area contributed by atoms with Gasteiger partial charge in [-0.25, -0.2) is 0 Å². The van der Waals surface area contributed by atoms with Gasteiger partial charge >= 0.3 is 0 Å². The van der Waals surface area contributed by atoms with Crippen LogP contribution in [-0.4, -0.2) is 31.1 Å². The molecule has 0 aliphatic heterocycles. The first-order chi connectivity index (χ1) is 11.1. The minimum absolute atomic E-state index is 0.148. The summed E-state index contributed by atoms with van der Waals surface area (Å²) in [7, 11) is 1.56. The van der Waals surface area contributed by atoms with E-state index in [4.69, 9.17) is 9.15 Å². The van der Waals surface area contributed by atoms with Crippen molar-refractivity contribution in [3.05, 3.63) is 58.0 Å². The number of non-ortho nitro benzene ring substituents is 1. The normalized spacial score (nSPS) is 10.3. The summed E-state index contributed by atoms with van der Waals surface area (Å²) in [5.41, 5.74) is 0.553. The molecule has 2 rings (SSSR count). The molecule has 0 aliphatic rings. The van der Waals surface area contributed by atoms with E-state index in [9.17, 15) is 14.9 Å². The highest BCUT2D eigenvalue weighted by Gasteiger charge is 2.16. The van der Waals surface area contributed by atoms with Crippen LogP contribution in [0.5, 0.6) is 0 Å². The quantitative estimate of drug-likeness (QED) is 0.439. The summed E-state index contributed by atoms with van der Waals surface area (Å²) < 4.78 is 10.1. The Morgan fingerprint density at radius 1 is 1.39 bits per heavy atom. The third-order valence-electron chi connectivity index (χ3n) is 3.08. The number of nitrogens with zero attached hydrogens (tertiary/aromatic N) is 1. The highest BCUT2D eigenvalue weighted by Crippen LogP contribution is 2.22. The van der Waals surface area contributed by atoms with Crippen molar-refractivity contribution in [1.29, 1.82) is 0 Å². The van der Waals surface area contributed by atoms with Crippen molar-refractivity contribution in [3.63, 3.8) is 0 Å². The number of amides is 1. The van der Waals surface area contributed by atoms with Crippen LogP contribution in [0.4, 0.5) is 11.4 Å². The molecule has 0 fully saturated rings. The number of nitrogens with one attached hydrogen (secondary N) is 2. The summed E-state index contributed by atoms with van der Waals surface area (Å²) in [6, 6.07) is 7.54. The average molecular weight is 319 g/mol. The van der Waals surface area contributed by atoms with Crippen LogP contribution in [0, 0.1) is 10.1 Å². The second kappa shape index (κ2) is 7.95. The maximum atomic E-state index is 12.3. The highest BCUT2D eigenvalue weighted by atomic mass is 16.6. The molecule has 0 bridgehead atoms. The van der Waals surface area contributed by atoms with Gasteiger partial charge in [-0.3, -0.25) is 14.9 Å². The molecule has 8 heteroatoms. The van der Waals surface area contributed by atoms with Gasteiger partial charge in [0.1, 0.15) is 5.76 Å². The number of carbonyl (C=O) groups excluding carboxylic acids is 1. The van der Waals surface area contributed by atoms with E-state index in [0.29, 0.717) is 24.6 Å². The van der Waals surface area contributed by atoms with Crippen LogP contribution < -0.4 is 10.6 Å². The van der Waals surface area contributed by atoms with Gasteiger partial charge in [0, 0.05) is 31.5 Å². The Labute approximate surface area is 132 Å². The fraction of sp³-hybridized carbons (Fsp3) is 0.267. The highest BCUT2D eigenvalue weighted by molar-refractivity contribution is 6.00. The fourth-order valence-electron chi connectivity index (χ4n) is 1.95. The van der Waals surface area contributed by atoms with E-state index in [2.05, 4.69) is 10.6 Å². The van der Waals surface area contributed by atoms with Gasteiger partial charge in [0.05, 0.1) is 29.9 Å². The molecule has 0 radical (unpaired) electrons. The molecule has 0 saturated carbocycles. The average Bonchev–Trinajstić information content (AvgIpc) is 3.06. The molecule has 8 nitrogen and oxygen atoms in total. The molecule has 1 heterocycles. The molecule has 2 aromatic rings. The minimum atomic E-state index is -0.539. The lowest BCUT2D eigenvalue weighted by atomic mass is 10.1. The number of carbonyl (C=O) groups is 1. The lowest BCUT2D eigenvalue weighted by Gasteiger charge is -2.11. The molecular weight excluding hydrogens is 302 g/mol. The molecule has 1 aromatic carbocycles. The Morgan fingerprint density at radius 3 is 2.87 bits per heavy atom. The lowest BCUT2D eigenvalue weighted by Crippen LogP contribution is -2.24. The Morgan fingerprint density at radius 2 is 2.22 bits per heavy atom. The second-order valence-corrected chi connectivity index (χ2v) is 4.67. The number of hydrogen-bond donors (Lipinski definition) is 2. The van der Waals surface area contributed by atoms with E-state index in [1.807, 2.05) is 0 Å². The summed E-state index contributed by atoms with van der Waals surface area (Å²) in [6.45, 7) is 1.13. The summed E-state index contributed by atoms with van der Waals surface area (Å²) in [5, 5.41) is 16.6. The molecule has 0 saturated heterocycles. The van der Waals surface area contributed by atoms with Crippen molar-refractivity contribution < 1.29 is 18.9 Å². The number of nitro benzene ring substituents is 1. The Balaban J connectivity index is 2.15. The van der Waals surface area contributed by atoms with Gasteiger partial charge < -0.3 is 19.8 Å². The van der Waals surface area contributed by atoms with Crippen LogP contribution in [0.3, 0.4) is 0 Å². The first-order valence-corrected chi connectivity index (χ1v) is 6.93. The minimum Gasteiger partial charge on any atom is -0.467 e. The van der Waals surface area contributed by atoms with Gasteiger partial charge in [-0.15, -0.1) is 0 Å². The van der Waals surface area contributed by atoms with Crippen LogP contribution in [0.1, 0.15) is 16.1 Å². The molecular formula is C15H17N3O5. The predicted molar refractivity (Wildman–Crippen MR) is 83.3 cm³/mol. The largest absolute Gasteiger partial charge is 0.467 e. The zero-order valence-electron chi connectivity index (χ0n) is 12.6. The van der Waals surface area contributed by atoms with Crippen LogP contribution in [0.15, 0.2) is 41.0 Å². The monoisotopic (exact) mass is 319 g/mol. The number of rotatable bonds is 8. The van der Waals surface area contributed by atoms with E-state index in [0.717, 1.165) is 0 Å². The van der Waals surface area contributed by atoms with Crippen LogP contribution in [-0.2, 0) is 11.3 Å². The van der Waals surface area contributed by atoms with Gasteiger partial charge in [0.2, 0.25) is 0 Å². The SMILES string of the molecule is COCCNc1ccc([N+](=O)[O-])cc1C(=O)NCc1ccco1. The second-order valence-electron chi connectivity index (χ2n) is 4.67. The Bertz CT molecular complexity index is 670. The zero-order chi connectivity index (χ0) is 16.7. The van der Waals surface area contributed by atoms with Crippen LogP contribution in [0.2, 0.25) is 0 Å². The number of benzene rings is 1. The topological polar surface area (TPSA) is 107 Å². The van der Waals surface area contributed by atoms with Crippen molar-refractivity contribution in [3.8, 4) is 0 Å². The maximum absolute atomic E-state index is 12.3. The van der Waals surface area contributed by atoms with E-state index in [-0.39, 0.29) is 17.8 Å². The molecule has 0 aliphatic carbocycles. The lowest BCUT2D eigenvalue weighted by molar-refractivity contribution is -0.384. The molecule has 0 atom stereocenters. The molecule has 23 heavy (non-hydrogen) atoms. The molecule has 1 aromatic heterocycles. The maximum Gasteiger partial charge on any atom is 0.270 e. The van der Waals surface area contributed by atoms with Crippen LogP contribution >= 0.6 is 0 Å². The first-order valence-electron chi connectivity index (χ1n) is 6.93. The van der Waals surface area contributed by atoms with E-state index < -0.39 is 10.8 Å². The van der Waals surface area contributed by atoms with Gasteiger partial charge in [0.25, 0.3) is 11.6 Å². The third-order valence-corrected chi connectivity index (χ3v) is 3.08. The molecule has 2 N–H and O–H groups in total. The fourth-order valence-corrected chi connectivity index (χ4v) is 1.95. The molecule has 0 spiro atoms. The van der Waals surface area contributed by atoms with Crippen molar-refractivity contribution in [2.24, 2.45) is 0 Å². The first kappa shape index (κ1) is 16.5. The molecule has 122 valence electrons. The summed E-state index contributed by atoms with van der Waals surface area (Å²) in [6.07, 6.45) is 1.51. The van der Waals surface area contributed by atoms with Crippen molar-refractivity contribution in [2.45, 2.75) is 6.54 Å². The van der Waals surface area contributed by atoms with E-state index in [1.54, 1.807) is 19.2 Å². The van der Waals surface area contributed by atoms with E-state index >= 15 is 0 Å². The van der Waals surface area contributed by atoms with Gasteiger partial charge in [-0.2, -0.15) is 0 Å². The van der Waals surface area contributed by atoms with Crippen molar-refractivity contribution in [2.75, 3.05) is 25.6 Å². The Kier molecular flexibility index (Phi) is 5.70. The van der Waals surface area contributed by atoms with Gasteiger partial charge in [-0.05, 0) is 18.2 Å². The number of anilines is 1. The van der Waals surface area contributed by atoms with Gasteiger partial charge in [0.15, 0.2) is 0 Å². The smallest absolute Gasteiger partial charge is 0.270 e. The number of methoxy groups -OCH3 is 1. The third kappa shape index (κ3) is 4.55. The van der Waals surface area contributed by atoms with Crippen molar-refractivity contribution in [1.82, 2.24) is 5.32 Å². The number of hydrogen-bond acceptors (Lipinski definition) is 6. The summed E-state index contributed by atoms with van der Waals surface area (Å²) >= 11 is 0. The predicted octanol–water partition coefficient (Wildman–Crippen LogP) is 2.18. The number of ether oxygens (including phenoxy) is 1. The molecule has 0 unspecified atom stereocenters. The van der Waals surface area contributed by atoms with Gasteiger partial charge in [-0.1, -0.05) is 0 Å². The zero-order valence-corrected chi connectivity index (χ0v) is 12.6. The van der Waals surface area contributed by atoms with Crippen LogP contribution in [0.25, 0.3) is 0 Å². The molecule has 1 amide bonds. The standard InChI is InChI=1S/C15H17N3O5/c1-22-8-6-16-14-5-4-11(18(20)21)9-13(14)15(19)17-10-12-3-2-7-23-12/h2-5,7,9,16H,6,8,10H2,1H3,(H,17,19). The Hall–Kier alpha value is -2.87. The van der Waals surface area contributed by atoms with Crippen molar-refractivity contribution >= 4 is 17.3 Å². The van der Waals surface area contributed by atoms with E-state index in [1.165, 1.54) is 24.5 Å².